The highest BCUT2D eigenvalue weighted by Gasteiger charge is 2.30. The fourth-order valence-electron chi connectivity index (χ4n) is 2.77. The molecule has 0 aliphatic carbocycles. The van der Waals surface area contributed by atoms with E-state index in [1.165, 1.54) is 24.5 Å². The Hall–Kier alpha value is -3.68. The second-order valence-electron chi connectivity index (χ2n) is 6.54. The van der Waals surface area contributed by atoms with E-state index < -0.39 is 17.6 Å². The number of hydrogen-bond acceptors (Lipinski definition) is 3. The molecule has 5 nitrogen and oxygen atoms in total. The number of carbonyl (C=O) groups is 2. The molecule has 0 saturated carbocycles. The van der Waals surface area contributed by atoms with Crippen LogP contribution in [0.2, 0.25) is 0 Å². The van der Waals surface area contributed by atoms with Gasteiger partial charge in [0, 0.05) is 30.2 Å². The maximum Gasteiger partial charge on any atom is 0.416 e. The molecule has 2 N–H and O–H groups in total. The summed E-state index contributed by atoms with van der Waals surface area (Å²) >= 11 is 0. The molecule has 8 heteroatoms. The van der Waals surface area contributed by atoms with Crippen LogP contribution in [0, 0.1) is 0 Å². The quantitative estimate of drug-likeness (QED) is 0.636. The molecular formula is C22H18F3N3O2. The van der Waals surface area contributed by atoms with Gasteiger partial charge < -0.3 is 10.6 Å². The van der Waals surface area contributed by atoms with Gasteiger partial charge in [-0.2, -0.15) is 13.2 Å². The van der Waals surface area contributed by atoms with Crippen LogP contribution in [0.5, 0.6) is 0 Å². The van der Waals surface area contributed by atoms with E-state index in [0.29, 0.717) is 11.3 Å². The smallest absolute Gasteiger partial charge is 0.352 e. The number of nitrogens with zero attached hydrogens (tertiary/aromatic N) is 1. The summed E-state index contributed by atoms with van der Waals surface area (Å²) in [5.74, 6) is -0.691. The Bertz CT molecular complexity index is 1040. The highest BCUT2D eigenvalue weighted by Crippen LogP contribution is 2.29. The van der Waals surface area contributed by atoms with Crippen molar-refractivity contribution in [1.29, 1.82) is 0 Å². The highest BCUT2D eigenvalue weighted by atomic mass is 19.4. The summed E-state index contributed by atoms with van der Waals surface area (Å²) in [4.78, 5) is 28.2. The van der Waals surface area contributed by atoms with Crippen LogP contribution < -0.4 is 10.6 Å². The fraction of sp³-hybridized carbons (Fsp3) is 0.136. The topological polar surface area (TPSA) is 71.1 Å². The Balaban J connectivity index is 1.56. The highest BCUT2D eigenvalue weighted by molar-refractivity contribution is 6.04. The van der Waals surface area contributed by atoms with Gasteiger partial charge in [0.15, 0.2) is 0 Å². The Kier molecular flexibility index (Phi) is 6.46. The summed E-state index contributed by atoms with van der Waals surface area (Å²) in [6, 6.07) is 14.8. The summed E-state index contributed by atoms with van der Waals surface area (Å²) in [5.41, 5.74) is 1.25. The number of nitrogens with one attached hydrogen (secondary N) is 2. The summed E-state index contributed by atoms with van der Waals surface area (Å²) in [7, 11) is 0. The predicted octanol–water partition coefficient (Wildman–Crippen LogP) is 4.21. The number of alkyl halides is 3. The SMILES string of the molecule is O=C(Cc1cccc(C(F)(F)F)c1)NCc1cccc(NC(=O)c2ccncc2)c1. The monoisotopic (exact) mass is 413 g/mol. The molecule has 0 bridgehead atoms. The Morgan fingerprint density at radius 2 is 1.60 bits per heavy atom. The lowest BCUT2D eigenvalue weighted by molar-refractivity contribution is -0.137. The van der Waals surface area contributed by atoms with Gasteiger partial charge in [-0.1, -0.05) is 30.3 Å². The van der Waals surface area contributed by atoms with E-state index in [1.54, 1.807) is 36.4 Å². The van der Waals surface area contributed by atoms with Gasteiger partial charge in [-0.25, -0.2) is 0 Å². The largest absolute Gasteiger partial charge is 0.416 e. The van der Waals surface area contributed by atoms with Gasteiger partial charge in [-0.15, -0.1) is 0 Å². The van der Waals surface area contributed by atoms with Crippen LogP contribution >= 0.6 is 0 Å². The molecule has 0 atom stereocenters. The van der Waals surface area contributed by atoms with Crippen molar-refractivity contribution in [3.05, 3.63) is 95.3 Å². The molecule has 1 aromatic heterocycles. The van der Waals surface area contributed by atoms with E-state index in [1.807, 2.05) is 0 Å². The maximum atomic E-state index is 12.8. The summed E-state index contributed by atoms with van der Waals surface area (Å²) in [6.45, 7) is 0.177. The van der Waals surface area contributed by atoms with E-state index >= 15 is 0 Å². The van der Waals surface area contributed by atoms with Crippen LogP contribution in [-0.4, -0.2) is 16.8 Å². The molecule has 3 rings (SSSR count). The third-order valence-electron chi connectivity index (χ3n) is 4.24. The molecule has 154 valence electrons. The van der Waals surface area contributed by atoms with Crippen molar-refractivity contribution in [1.82, 2.24) is 10.3 Å². The summed E-state index contributed by atoms with van der Waals surface area (Å²) in [6.07, 6.45) is -1.58. The summed E-state index contributed by atoms with van der Waals surface area (Å²) in [5, 5.41) is 5.44. The van der Waals surface area contributed by atoms with E-state index in [2.05, 4.69) is 15.6 Å². The normalized spacial score (nSPS) is 11.0. The lowest BCUT2D eigenvalue weighted by Crippen LogP contribution is -2.24. The second kappa shape index (κ2) is 9.21. The number of amides is 2. The lowest BCUT2D eigenvalue weighted by atomic mass is 10.1. The van der Waals surface area contributed by atoms with E-state index in [0.717, 1.165) is 17.7 Å². The molecule has 0 unspecified atom stereocenters. The van der Waals surface area contributed by atoms with Crippen molar-refractivity contribution in [3.63, 3.8) is 0 Å². The molecule has 2 amide bonds. The third kappa shape index (κ3) is 5.91. The number of hydrogen-bond donors (Lipinski definition) is 2. The van der Waals surface area contributed by atoms with Gasteiger partial charge in [0.1, 0.15) is 0 Å². The number of pyridine rings is 1. The number of rotatable bonds is 6. The zero-order valence-corrected chi connectivity index (χ0v) is 15.7. The molecule has 0 aliphatic rings. The average molecular weight is 413 g/mol. The first-order valence-corrected chi connectivity index (χ1v) is 9.04. The molecular weight excluding hydrogens is 395 g/mol. The maximum absolute atomic E-state index is 12.8. The van der Waals surface area contributed by atoms with Crippen LogP contribution in [0.25, 0.3) is 0 Å². The second-order valence-corrected chi connectivity index (χ2v) is 6.54. The number of anilines is 1. The zero-order valence-electron chi connectivity index (χ0n) is 15.7. The van der Waals surface area contributed by atoms with Gasteiger partial charge in [0.2, 0.25) is 5.91 Å². The number of benzene rings is 2. The fourth-order valence-corrected chi connectivity index (χ4v) is 2.77. The molecule has 0 saturated heterocycles. The van der Waals surface area contributed by atoms with Crippen LogP contribution in [0.4, 0.5) is 18.9 Å². The molecule has 2 aromatic carbocycles. The third-order valence-corrected chi connectivity index (χ3v) is 4.24. The van der Waals surface area contributed by atoms with E-state index in [4.69, 9.17) is 0 Å². The minimum Gasteiger partial charge on any atom is -0.352 e. The standard InChI is InChI=1S/C22H18F3N3O2/c23-22(24,25)18-5-1-3-15(11-18)13-20(29)27-14-16-4-2-6-19(12-16)28-21(30)17-7-9-26-10-8-17/h1-12H,13-14H2,(H,27,29)(H,28,30). The Labute approximate surface area is 171 Å². The molecule has 0 spiro atoms. The van der Waals surface area contributed by atoms with Crippen LogP contribution in [-0.2, 0) is 23.9 Å². The molecule has 30 heavy (non-hydrogen) atoms. The van der Waals surface area contributed by atoms with Crippen molar-refractivity contribution in [3.8, 4) is 0 Å². The number of aromatic nitrogens is 1. The molecule has 3 aromatic rings. The minimum atomic E-state index is -4.45. The first kappa shape index (κ1) is 21.0. The summed E-state index contributed by atoms with van der Waals surface area (Å²) < 4.78 is 38.3. The van der Waals surface area contributed by atoms with Gasteiger partial charge >= 0.3 is 6.18 Å². The van der Waals surface area contributed by atoms with E-state index in [-0.39, 0.29) is 24.4 Å². The van der Waals surface area contributed by atoms with Crippen LogP contribution in [0.1, 0.15) is 27.0 Å². The lowest BCUT2D eigenvalue weighted by Gasteiger charge is -2.10. The average Bonchev–Trinajstić information content (AvgIpc) is 2.73. The zero-order chi connectivity index (χ0) is 21.6. The van der Waals surface area contributed by atoms with Crippen LogP contribution in [0.3, 0.4) is 0 Å². The van der Waals surface area contributed by atoms with Gasteiger partial charge in [0.25, 0.3) is 5.91 Å². The van der Waals surface area contributed by atoms with Crippen molar-refractivity contribution in [2.45, 2.75) is 19.1 Å². The van der Waals surface area contributed by atoms with Crippen molar-refractivity contribution in [2.24, 2.45) is 0 Å². The first-order valence-electron chi connectivity index (χ1n) is 9.04. The van der Waals surface area contributed by atoms with Crippen molar-refractivity contribution >= 4 is 17.5 Å². The van der Waals surface area contributed by atoms with Crippen molar-refractivity contribution < 1.29 is 22.8 Å². The molecule has 0 fully saturated rings. The van der Waals surface area contributed by atoms with Gasteiger partial charge in [0.05, 0.1) is 12.0 Å². The van der Waals surface area contributed by atoms with Gasteiger partial charge in [-0.3, -0.25) is 14.6 Å². The number of halogens is 3. The first-order chi connectivity index (χ1) is 14.3. The number of carbonyl (C=O) groups excluding carboxylic acids is 2. The molecule has 0 aliphatic heterocycles. The molecule has 0 radical (unpaired) electrons. The van der Waals surface area contributed by atoms with Gasteiger partial charge in [-0.05, 0) is 41.5 Å². The molecule has 1 heterocycles. The Morgan fingerprint density at radius 3 is 2.33 bits per heavy atom. The minimum absolute atomic E-state index is 0.164. The van der Waals surface area contributed by atoms with E-state index in [9.17, 15) is 22.8 Å². The Morgan fingerprint density at radius 1 is 0.900 bits per heavy atom. The van der Waals surface area contributed by atoms with Crippen molar-refractivity contribution in [2.75, 3.05) is 5.32 Å². The predicted molar refractivity (Wildman–Crippen MR) is 106 cm³/mol. The van der Waals surface area contributed by atoms with Crippen LogP contribution in [0.15, 0.2) is 73.1 Å².